The maximum Gasteiger partial charge on any atom is 0.220 e. The largest absolute Gasteiger partial charge is 0.392 e. The van der Waals surface area contributed by atoms with E-state index in [1.807, 2.05) is 24.3 Å². The van der Waals surface area contributed by atoms with Gasteiger partial charge in [0, 0.05) is 19.0 Å². The van der Waals surface area contributed by atoms with Gasteiger partial charge in [0.25, 0.3) is 0 Å². The van der Waals surface area contributed by atoms with Gasteiger partial charge in [0.1, 0.15) is 0 Å². The van der Waals surface area contributed by atoms with Gasteiger partial charge in [-0.2, -0.15) is 0 Å². The first-order valence-corrected chi connectivity index (χ1v) is 6.90. The number of carbonyl (C=O) groups excluding carboxylic acids is 1. The molecule has 0 saturated heterocycles. The Morgan fingerprint density at radius 2 is 2.10 bits per heavy atom. The van der Waals surface area contributed by atoms with Gasteiger partial charge in [-0.3, -0.25) is 4.79 Å². The molecule has 2 rings (SSSR count). The van der Waals surface area contributed by atoms with Gasteiger partial charge < -0.3 is 16.2 Å². The highest BCUT2D eigenvalue weighted by molar-refractivity contribution is 5.85. The van der Waals surface area contributed by atoms with E-state index in [0.29, 0.717) is 18.9 Å². The average Bonchev–Trinajstić information content (AvgIpc) is 2.82. The van der Waals surface area contributed by atoms with Crippen molar-refractivity contribution in [1.82, 2.24) is 5.32 Å². The second-order valence-corrected chi connectivity index (χ2v) is 5.31. The number of amides is 1. The Balaban J connectivity index is 0.00000200. The van der Waals surface area contributed by atoms with Crippen molar-refractivity contribution in [1.29, 1.82) is 0 Å². The molecule has 4 N–H and O–H groups in total. The van der Waals surface area contributed by atoms with Crippen LogP contribution in [0.3, 0.4) is 0 Å². The summed E-state index contributed by atoms with van der Waals surface area (Å²) in [4.78, 5) is 11.9. The quantitative estimate of drug-likeness (QED) is 0.775. The molecule has 1 aromatic carbocycles. The Labute approximate surface area is 126 Å². The number of carbonyl (C=O) groups is 1. The zero-order valence-corrected chi connectivity index (χ0v) is 12.4. The topological polar surface area (TPSA) is 75.4 Å². The minimum Gasteiger partial charge on any atom is -0.392 e. The predicted octanol–water partition coefficient (Wildman–Crippen LogP) is 1.73. The van der Waals surface area contributed by atoms with Crippen molar-refractivity contribution in [3.05, 3.63) is 35.4 Å². The molecule has 0 spiro atoms. The maximum absolute atomic E-state index is 11.9. The number of nitrogens with one attached hydrogen (secondary N) is 1. The van der Waals surface area contributed by atoms with Crippen molar-refractivity contribution in [2.75, 3.05) is 0 Å². The summed E-state index contributed by atoms with van der Waals surface area (Å²) in [5.41, 5.74) is 7.84. The minimum absolute atomic E-state index is 0. The molecule has 112 valence electrons. The zero-order valence-electron chi connectivity index (χ0n) is 11.5. The molecule has 0 heterocycles. The molecule has 1 aliphatic carbocycles. The van der Waals surface area contributed by atoms with Gasteiger partial charge in [-0.1, -0.05) is 30.7 Å². The lowest BCUT2D eigenvalue weighted by Gasteiger charge is -2.14. The van der Waals surface area contributed by atoms with Crippen molar-refractivity contribution in [3.63, 3.8) is 0 Å². The summed E-state index contributed by atoms with van der Waals surface area (Å²) >= 11 is 0. The highest BCUT2D eigenvalue weighted by Crippen LogP contribution is 2.26. The summed E-state index contributed by atoms with van der Waals surface area (Å²) in [5, 5.41) is 12.0. The molecule has 0 unspecified atom stereocenters. The van der Waals surface area contributed by atoms with E-state index in [2.05, 4.69) is 5.32 Å². The highest BCUT2D eigenvalue weighted by Gasteiger charge is 2.25. The van der Waals surface area contributed by atoms with Gasteiger partial charge in [0.05, 0.1) is 6.61 Å². The third kappa shape index (κ3) is 4.78. The fraction of sp³-hybridized carbons (Fsp3) is 0.533. The first kappa shape index (κ1) is 17.0. The molecule has 1 fully saturated rings. The van der Waals surface area contributed by atoms with Gasteiger partial charge in [-0.05, 0) is 29.9 Å². The van der Waals surface area contributed by atoms with Crippen LogP contribution in [0, 0.1) is 5.92 Å². The summed E-state index contributed by atoms with van der Waals surface area (Å²) in [6, 6.07) is 7.79. The number of rotatable bonds is 5. The van der Waals surface area contributed by atoms with E-state index in [1.165, 1.54) is 0 Å². The van der Waals surface area contributed by atoms with E-state index in [4.69, 9.17) is 10.8 Å². The van der Waals surface area contributed by atoms with Crippen molar-refractivity contribution in [2.24, 2.45) is 11.7 Å². The molecule has 0 radical (unpaired) electrons. The SMILES string of the molecule is Cl.N[C@@H]1CCC[C@H]1CC(=O)NCc1cccc(CO)c1. The first-order chi connectivity index (χ1) is 9.19. The van der Waals surface area contributed by atoms with Gasteiger partial charge in [-0.25, -0.2) is 0 Å². The van der Waals surface area contributed by atoms with Crippen LogP contribution in [0.2, 0.25) is 0 Å². The average molecular weight is 299 g/mol. The normalized spacial score (nSPS) is 21.3. The molecule has 2 atom stereocenters. The summed E-state index contributed by atoms with van der Waals surface area (Å²) in [6.07, 6.45) is 3.77. The molecule has 5 heteroatoms. The van der Waals surface area contributed by atoms with Gasteiger partial charge in [0.2, 0.25) is 5.91 Å². The van der Waals surface area contributed by atoms with Crippen LogP contribution in [0.4, 0.5) is 0 Å². The number of halogens is 1. The highest BCUT2D eigenvalue weighted by atomic mass is 35.5. The lowest BCUT2D eigenvalue weighted by molar-refractivity contribution is -0.122. The number of hydrogen-bond acceptors (Lipinski definition) is 3. The molecular formula is C15H23ClN2O2. The van der Waals surface area contributed by atoms with Crippen LogP contribution in [-0.2, 0) is 17.9 Å². The van der Waals surface area contributed by atoms with E-state index in [-0.39, 0.29) is 31.0 Å². The molecule has 0 aromatic heterocycles. The van der Waals surface area contributed by atoms with Gasteiger partial charge >= 0.3 is 0 Å². The van der Waals surface area contributed by atoms with Crippen molar-refractivity contribution in [2.45, 2.75) is 44.9 Å². The molecule has 20 heavy (non-hydrogen) atoms. The molecule has 0 bridgehead atoms. The van der Waals surface area contributed by atoms with Gasteiger partial charge in [-0.15, -0.1) is 12.4 Å². The monoisotopic (exact) mass is 298 g/mol. The fourth-order valence-electron chi connectivity index (χ4n) is 2.67. The molecule has 0 aliphatic heterocycles. The molecule has 1 amide bonds. The van der Waals surface area contributed by atoms with Crippen LogP contribution in [-0.4, -0.2) is 17.1 Å². The zero-order chi connectivity index (χ0) is 13.7. The molecule has 4 nitrogen and oxygen atoms in total. The van der Waals surface area contributed by atoms with Crippen LogP contribution < -0.4 is 11.1 Å². The second kappa shape index (κ2) is 8.25. The Bertz CT molecular complexity index is 440. The predicted molar refractivity (Wildman–Crippen MR) is 81.4 cm³/mol. The van der Waals surface area contributed by atoms with Crippen LogP contribution in [0.5, 0.6) is 0 Å². The van der Waals surface area contributed by atoms with E-state index >= 15 is 0 Å². The lowest BCUT2D eigenvalue weighted by Crippen LogP contribution is -2.31. The first-order valence-electron chi connectivity index (χ1n) is 6.90. The number of benzene rings is 1. The van der Waals surface area contributed by atoms with Crippen LogP contribution in [0.25, 0.3) is 0 Å². The Morgan fingerprint density at radius 3 is 2.75 bits per heavy atom. The van der Waals surface area contributed by atoms with E-state index in [0.717, 1.165) is 30.4 Å². The van der Waals surface area contributed by atoms with Crippen LogP contribution >= 0.6 is 12.4 Å². The number of hydrogen-bond donors (Lipinski definition) is 3. The number of nitrogens with two attached hydrogens (primary N) is 1. The summed E-state index contributed by atoms with van der Waals surface area (Å²) in [5.74, 6) is 0.403. The molecule has 1 aromatic rings. The minimum atomic E-state index is 0. The maximum atomic E-state index is 11.9. The van der Waals surface area contributed by atoms with Crippen molar-refractivity contribution in [3.8, 4) is 0 Å². The van der Waals surface area contributed by atoms with Crippen LogP contribution in [0.15, 0.2) is 24.3 Å². The molecule has 1 aliphatic rings. The second-order valence-electron chi connectivity index (χ2n) is 5.31. The van der Waals surface area contributed by atoms with Crippen molar-refractivity contribution >= 4 is 18.3 Å². The van der Waals surface area contributed by atoms with E-state index in [1.54, 1.807) is 0 Å². The standard InChI is InChI=1S/C15H22N2O2.ClH/c16-14-6-2-5-13(14)8-15(19)17-9-11-3-1-4-12(7-11)10-18;/h1,3-4,7,13-14,18H,2,5-6,8-10,16H2,(H,17,19);1H/t13-,14+;/m0./s1. The Morgan fingerprint density at radius 1 is 1.35 bits per heavy atom. The number of aliphatic hydroxyl groups is 1. The van der Waals surface area contributed by atoms with E-state index in [9.17, 15) is 4.79 Å². The molecular weight excluding hydrogens is 276 g/mol. The fourth-order valence-corrected chi connectivity index (χ4v) is 2.67. The summed E-state index contributed by atoms with van der Waals surface area (Å²) in [7, 11) is 0. The van der Waals surface area contributed by atoms with Crippen molar-refractivity contribution < 1.29 is 9.90 Å². The van der Waals surface area contributed by atoms with E-state index < -0.39 is 0 Å². The summed E-state index contributed by atoms with van der Waals surface area (Å²) in [6.45, 7) is 0.535. The van der Waals surface area contributed by atoms with Crippen LogP contribution in [0.1, 0.15) is 36.8 Å². The van der Waals surface area contributed by atoms with Gasteiger partial charge in [0.15, 0.2) is 0 Å². The Hall–Kier alpha value is -1.10. The summed E-state index contributed by atoms with van der Waals surface area (Å²) < 4.78 is 0. The third-order valence-corrected chi connectivity index (χ3v) is 3.83. The molecule has 1 saturated carbocycles. The number of aliphatic hydroxyl groups excluding tert-OH is 1. The smallest absolute Gasteiger partial charge is 0.220 e. The lowest BCUT2D eigenvalue weighted by atomic mass is 10.00. The Kier molecular flexibility index (Phi) is 6.99. The third-order valence-electron chi connectivity index (χ3n) is 3.83.